The maximum Gasteiger partial charge on any atom is 0.256 e. The van der Waals surface area contributed by atoms with Crippen LogP contribution >= 0.6 is 0 Å². The first-order chi connectivity index (χ1) is 15.1. The summed E-state index contributed by atoms with van der Waals surface area (Å²) in [5.74, 6) is -0.147. The number of piperidine rings is 1. The van der Waals surface area contributed by atoms with E-state index in [4.69, 9.17) is 0 Å². The number of aromatic nitrogens is 5. The van der Waals surface area contributed by atoms with Crippen LogP contribution in [-0.2, 0) is 11.3 Å². The van der Waals surface area contributed by atoms with E-state index in [0.29, 0.717) is 31.9 Å². The molecule has 3 heterocycles. The van der Waals surface area contributed by atoms with Gasteiger partial charge in [-0.15, -0.1) is 0 Å². The first kappa shape index (κ1) is 20.7. The molecule has 3 aromatic rings. The van der Waals surface area contributed by atoms with E-state index in [2.05, 4.69) is 20.5 Å². The highest BCUT2D eigenvalue weighted by Crippen LogP contribution is 2.26. The number of benzene rings is 1. The fourth-order valence-electron chi connectivity index (χ4n) is 3.78. The Balaban J connectivity index is 1.29. The zero-order valence-electron chi connectivity index (χ0n) is 17.0. The third-order valence-corrected chi connectivity index (χ3v) is 5.41. The molecular weight excluding hydrogens is 401 g/mol. The molecule has 162 valence electrons. The van der Waals surface area contributed by atoms with Crippen molar-refractivity contribution in [2.24, 2.45) is 0 Å². The fraction of sp³-hybridized carbons (Fsp3) is 0.381. The van der Waals surface area contributed by atoms with E-state index in [9.17, 15) is 14.0 Å². The molecule has 1 saturated heterocycles. The number of amides is 2. The number of hydrogen-bond donors (Lipinski definition) is 1. The van der Waals surface area contributed by atoms with Crippen LogP contribution in [0.1, 0.15) is 42.1 Å². The largest absolute Gasteiger partial charge is 0.343 e. The van der Waals surface area contributed by atoms with Gasteiger partial charge in [0, 0.05) is 37.7 Å². The van der Waals surface area contributed by atoms with Gasteiger partial charge >= 0.3 is 0 Å². The summed E-state index contributed by atoms with van der Waals surface area (Å²) in [5, 5.41) is 11.2. The Labute approximate surface area is 178 Å². The Hall–Kier alpha value is -3.56. The summed E-state index contributed by atoms with van der Waals surface area (Å²) in [7, 11) is 0. The van der Waals surface area contributed by atoms with Crippen LogP contribution in [0.25, 0.3) is 0 Å². The second-order valence-electron chi connectivity index (χ2n) is 7.50. The summed E-state index contributed by atoms with van der Waals surface area (Å²) >= 11 is 0. The van der Waals surface area contributed by atoms with Crippen molar-refractivity contribution in [2.45, 2.75) is 38.3 Å². The van der Waals surface area contributed by atoms with Crippen molar-refractivity contribution in [3.8, 4) is 0 Å². The highest BCUT2D eigenvalue weighted by Gasteiger charge is 2.25. The molecule has 1 aliphatic rings. The van der Waals surface area contributed by atoms with Gasteiger partial charge in [0.15, 0.2) is 0 Å². The number of likely N-dealkylation sites (tertiary alicyclic amines) is 1. The van der Waals surface area contributed by atoms with E-state index in [1.54, 1.807) is 34.0 Å². The van der Waals surface area contributed by atoms with Gasteiger partial charge in [-0.05, 0) is 37.5 Å². The van der Waals surface area contributed by atoms with Crippen LogP contribution < -0.4 is 5.32 Å². The van der Waals surface area contributed by atoms with E-state index in [1.165, 1.54) is 24.5 Å². The number of nitrogens with one attached hydrogen (secondary N) is 1. The normalized spacial score (nSPS) is 14.5. The zero-order chi connectivity index (χ0) is 21.6. The fourth-order valence-corrected chi connectivity index (χ4v) is 3.78. The predicted octanol–water partition coefficient (Wildman–Crippen LogP) is 2.51. The molecule has 9 nitrogen and oxygen atoms in total. The van der Waals surface area contributed by atoms with Gasteiger partial charge in [-0.1, -0.05) is 6.07 Å². The van der Waals surface area contributed by atoms with Crippen LogP contribution in [0.5, 0.6) is 0 Å². The summed E-state index contributed by atoms with van der Waals surface area (Å²) in [6, 6.07) is 7.36. The van der Waals surface area contributed by atoms with Gasteiger partial charge in [-0.3, -0.25) is 14.3 Å². The van der Waals surface area contributed by atoms with Gasteiger partial charge in [0.25, 0.3) is 5.91 Å². The van der Waals surface area contributed by atoms with E-state index in [0.717, 1.165) is 19.3 Å². The lowest BCUT2D eigenvalue weighted by Crippen LogP contribution is -2.39. The van der Waals surface area contributed by atoms with Crippen molar-refractivity contribution >= 4 is 17.6 Å². The third-order valence-electron chi connectivity index (χ3n) is 5.41. The minimum atomic E-state index is -0.459. The molecule has 0 radical (unpaired) electrons. The molecule has 31 heavy (non-hydrogen) atoms. The molecule has 0 saturated carbocycles. The zero-order valence-corrected chi connectivity index (χ0v) is 17.0. The molecular formula is C21H24FN7O2. The maximum absolute atomic E-state index is 13.4. The lowest BCUT2D eigenvalue weighted by Gasteiger charge is -2.32. The first-order valence-corrected chi connectivity index (χ1v) is 10.3. The Morgan fingerprint density at radius 2 is 2.00 bits per heavy atom. The smallest absolute Gasteiger partial charge is 0.256 e. The van der Waals surface area contributed by atoms with E-state index < -0.39 is 5.82 Å². The Morgan fingerprint density at radius 1 is 1.16 bits per heavy atom. The monoisotopic (exact) mass is 425 g/mol. The van der Waals surface area contributed by atoms with Gasteiger partial charge in [-0.2, -0.15) is 10.2 Å². The Morgan fingerprint density at radius 3 is 2.74 bits per heavy atom. The summed E-state index contributed by atoms with van der Waals surface area (Å²) in [4.78, 5) is 30.7. The number of aryl methyl sites for hydroxylation is 1. The summed E-state index contributed by atoms with van der Waals surface area (Å²) in [6.45, 7) is 1.96. The maximum atomic E-state index is 13.4. The van der Waals surface area contributed by atoms with Gasteiger partial charge in [0.2, 0.25) is 5.91 Å². The van der Waals surface area contributed by atoms with E-state index in [-0.39, 0.29) is 23.4 Å². The Kier molecular flexibility index (Phi) is 6.34. The topological polar surface area (TPSA) is 97.9 Å². The minimum Gasteiger partial charge on any atom is -0.343 e. The molecule has 0 aliphatic carbocycles. The van der Waals surface area contributed by atoms with Crippen molar-refractivity contribution in [3.63, 3.8) is 0 Å². The number of halogens is 1. The second-order valence-corrected chi connectivity index (χ2v) is 7.50. The molecule has 0 spiro atoms. The predicted molar refractivity (Wildman–Crippen MR) is 111 cm³/mol. The molecule has 0 bridgehead atoms. The van der Waals surface area contributed by atoms with Crippen molar-refractivity contribution in [1.82, 2.24) is 29.4 Å². The molecule has 0 unspecified atom stereocenters. The second kappa shape index (κ2) is 9.50. The summed E-state index contributed by atoms with van der Waals surface area (Å²) < 4.78 is 16.9. The van der Waals surface area contributed by atoms with Crippen LogP contribution in [0.3, 0.4) is 0 Å². The molecule has 4 rings (SSSR count). The molecule has 1 aromatic carbocycles. The van der Waals surface area contributed by atoms with Crippen molar-refractivity contribution in [3.05, 3.63) is 60.6 Å². The molecule has 10 heteroatoms. The minimum absolute atomic E-state index is 0.0806. The lowest BCUT2D eigenvalue weighted by molar-refractivity contribution is -0.132. The SMILES string of the molecule is O=C(Nc1ccnn1C1CCN(C(=O)CCCn2cncn2)CC1)c1cccc(F)c1. The van der Waals surface area contributed by atoms with Gasteiger partial charge in [0.05, 0.1) is 12.2 Å². The van der Waals surface area contributed by atoms with Gasteiger partial charge in [0.1, 0.15) is 24.3 Å². The Bertz CT molecular complexity index is 1030. The van der Waals surface area contributed by atoms with Crippen LogP contribution in [0.15, 0.2) is 49.2 Å². The average Bonchev–Trinajstić information content (AvgIpc) is 3.46. The molecule has 1 fully saturated rings. The molecule has 1 aliphatic heterocycles. The lowest BCUT2D eigenvalue weighted by atomic mass is 10.0. The van der Waals surface area contributed by atoms with Crippen molar-refractivity contribution < 1.29 is 14.0 Å². The molecule has 1 N–H and O–H groups in total. The highest BCUT2D eigenvalue weighted by atomic mass is 19.1. The van der Waals surface area contributed by atoms with E-state index >= 15 is 0 Å². The number of nitrogens with zero attached hydrogens (tertiary/aromatic N) is 6. The van der Waals surface area contributed by atoms with Crippen LogP contribution in [0, 0.1) is 5.82 Å². The molecule has 2 amide bonds. The highest BCUT2D eigenvalue weighted by molar-refractivity contribution is 6.03. The van der Waals surface area contributed by atoms with Crippen LogP contribution in [0.4, 0.5) is 10.2 Å². The third kappa shape index (κ3) is 5.14. The standard InChI is InChI=1S/C21H24FN7O2/c22-17-4-1-3-16(13-17)21(31)26-19-6-9-24-29(19)18-7-11-27(12-8-18)20(30)5-2-10-28-15-23-14-25-28/h1,3-4,6,9,13-15,18H,2,5,7-8,10-12H2,(H,26,31). The average molecular weight is 425 g/mol. The number of anilines is 1. The summed E-state index contributed by atoms with van der Waals surface area (Å²) in [6.07, 6.45) is 7.45. The first-order valence-electron chi connectivity index (χ1n) is 10.3. The van der Waals surface area contributed by atoms with Gasteiger partial charge < -0.3 is 10.2 Å². The van der Waals surface area contributed by atoms with Crippen LogP contribution in [-0.4, -0.2) is 54.3 Å². The number of hydrogen-bond acceptors (Lipinski definition) is 5. The molecule has 0 atom stereocenters. The number of carbonyl (C=O) groups is 2. The van der Waals surface area contributed by atoms with E-state index in [1.807, 2.05) is 4.90 Å². The number of carbonyl (C=O) groups excluding carboxylic acids is 2. The molecule has 2 aromatic heterocycles. The number of rotatable bonds is 7. The quantitative estimate of drug-likeness (QED) is 0.627. The van der Waals surface area contributed by atoms with Crippen molar-refractivity contribution in [1.29, 1.82) is 0 Å². The van der Waals surface area contributed by atoms with Crippen LogP contribution in [0.2, 0.25) is 0 Å². The van der Waals surface area contributed by atoms with Crippen molar-refractivity contribution in [2.75, 3.05) is 18.4 Å². The van der Waals surface area contributed by atoms with Gasteiger partial charge in [-0.25, -0.2) is 14.1 Å². The summed E-state index contributed by atoms with van der Waals surface area (Å²) in [5.41, 5.74) is 0.249.